The third kappa shape index (κ3) is 1.68. The van der Waals surface area contributed by atoms with Crippen LogP contribution in [0.15, 0.2) is 0 Å². The maximum atomic E-state index is 9.10. The number of hydrogen-bond acceptors (Lipinski definition) is 3. The van der Waals surface area contributed by atoms with E-state index in [1.165, 1.54) is 0 Å². The highest BCUT2D eigenvalue weighted by molar-refractivity contribution is 4.86. The van der Waals surface area contributed by atoms with Gasteiger partial charge in [0.25, 0.3) is 0 Å². The van der Waals surface area contributed by atoms with Crippen LogP contribution in [0.2, 0.25) is 0 Å². The molecule has 0 aromatic heterocycles. The Balaban J connectivity index is 2.27. The largest absolute Gasteiger partial charge is 0.390 e. The second-order valence-electron chi connectivity index (χ2n) is 2.86. The van der Waals surface area contributed by atoms with E-state index in [1.807, 2.05) is 6.92 Å². The van der Waals surface area contributed by atoms with Crippen molar-refractivity contribution in [1.82, 2.24) is 5.32 Å². The summed E-state index contributed by atoms with van der Waals surface area (Å²) in [6.45, 7) is 2.93. The van der Waals surface area contributed by atoms with Crippen molar-refractivity contribution in [2.75, 3.05) is 6.54 Å². The van der Waals surface area contributed by atoms with Gasteiger partial charge in [-0.15, -0.1) is 0 Å². The minimum absolute atomic E-state index is 0.315. The van der Waals surface area contributed by atoms with Crippen molar-refractivity contribution >= 4 is 0 Å². The molecule has 0 amide bonds. The molecule has 0 bridgehead atoms. The fourth-order valence-electron chi connectivity index (χ4n) is 1.45. The normalized spacial score (nSPS) is 40.5. The summed E-state index contributed by atoms with van der Waals surface area (Å²) >= 11 is 0. The van der Waals surface area contributed by atoms with Crippen molar-refractivity contribution < 1.29 is 10.2 Å². The Morgan fingerprint density at radius 2 is 1.80 bits per heavy atom. The Kier molecular flexibility index (Phi) is 2.65. The predicted molar refractivity (Wildman–Crippen MR) is 38.7 cm³/mol. The Hall–Kier alpha value is -0.120. The van der Waals surface area contributed by atoms with E-state index in [2.05, 4.69) is 5.32 Å². The van der Waals surface area contributed by atoms with E-state index in [9.17, 15) is 0 Å². The molecule has 3 N–H and O–H groups in total. The van der Waals surface area contributed by atoms with Crippen LogP contribution in [0.5, 0.6) is 0 Å². The molecule has 0 spiro atoms. The van der Waals surface area contributed by atoms with Crippen LogP contribution in [0, 0.1) is 0 Å². The van der Waals surface area contributed by atoms with Gasteiger partial charge in [-0.3, -0.25) is 0 Å². The Labute approximate surface area is 61.1 Å². The van der Waals surface area contributed by atoms with Gasteiger partial charge in [0, 0.05) is 6.04 Å². The van der Waals surface area contributed by atoms with Gasteiger partial charge in [0.05, 0.1) is 12.2 Å². The maximum absolute atomic E-state index is 9.10. The average Bonchev–Trinajstić information content (AvgIpc) is 2.14. The first-order chi connectivity index (χ1) is 4.74. The van der Waals surface area contributed by atoms with Crippen LogP contribution in [-0.2, 0) is 0 Å². The molecule has 0 radical (unpaired) electrons. The molecule has 0 aromatic rings. The Morgan fingerprint density at radius 3 is 2.20 bits per heavy atom. The molecule has 0 aromatic carbocycles. The highest BCUT2D eigenvalue weighted by Crippen LogP contribution is 2.19. The molecule has 0 heterocycles. The summed E-state index contributed by atoms with van der Waals surface area (Å²) in [5, 5.41) is 21.4. The third-order valence-electron chi connectivity index (χ3n) is 1.99. The van der Waals surface area contributed by atoms with Crippen LogP contribution in [0.3, 0.4) is 0 Å². The summed E-state index contributed by atoms with van der Waals surface area (Å²) in [6.07, 6.45) is 0.359. The molecular formula is C7H15NO2. The monoisotopic (exact) mass is 145 g/mol. The van der Waals surface area contributed by atoms with Crippen molar-refractivity contribution in [3.63, 3.8) is 0 Å². The van der Waals surface area contributed by atoms with Crippen molar-refractivity contribution in [3.8, 4) is 0 Å². The minimum Gasteiger partial charge on any atom is -0.390 e. The molecule has 3 nitrogen and oxygen atoms in total. The van der Waals surface area contributed by atoms with Crippen molar-refractivity contribution in [2.45, 2.75) is 38.0 Å². The molecule has 2 atom stereocenters. The molecule has 1 aliphatic carbocycles. The molecule has 2 unspecified atom stereocenters. The fraction of sp³-hybridized carbons (Fsp3) is 1.00. The fourth-order valence-corrected chi connectivity index (χ4v) is 1.45. The first kappa shape index (κ1) is 7.98. The number of aliphatic hydroxyl groups excluding tert-OH is 2. The second-order valence-corrected chi connectivity index (χ2v) is 2.86. The number of hydrogen-bond donors (Lipinski definition) is 3. The summed E-state index contributed by atoms with van der Waals surface area (Å²) in [4.78, 5) is 0. The molecule has 10 heavy (non-hydrogen) atoms. The van der Waals surface area contributed by atoms with Gasteiger partial charge in [-0.1, -0.05) is 6.92 Å². The summed E-state index contributed by atoms with van der Waals surface area (Å²) in [6, 6.07) is 0.315. The summed E-state index contributed by atoms with van der Waals surface area (Å²) in [5.74, 6) is 0. The maximum Gasteiger partial charge on any atom is 0.0814 e. The smallest absolute Gasteiger partial charge is 0.0814 e. The van der Waals surface area contributed by atoms with E-state index in [0.717, 1.165) is 6.54 Å². The lowest BCUT2D eigenvalue weighted by atomic mass is 10.2. The van der Waals surface area contributed by atoms with E-state index >= 15 is 0 Å². The van der Waals surface area contributed by atoms with Crippen LogP contribution in [0.1, 0.15) is 19.8 Å². The van der Waals surface area contributed by atoms with Crippen LogP contribution < -0.4 is 5.32 Å². The molecule has 60 valence electrons. The molecular weight excluding hydrogens is 130 g/mol. The molecule has 0 aliphatic heterocycles. The molecule has 0 saturated heterocycles. The van der Waals surface area contributed by atoms with E-state index in [0.29, 0.717) is 18.9 Å². The van der Waals surface area contributed by atoms with E-state index in [4.69, 9.17) is 10.2 Å². The molecule has 3 heteroatoms. The summed E-state index contributed by atoms with van der Waals surface area (Å²) in [5.41, 5.74) is 0. The third-order valence-corrected chi connectivity index (χ3v) is 1.99. The van der Waals surface area contributed by atoms with E-state index in [1.54, 1.807) is 0 Å². The lowest BCUT2D eigenvalue weighted by molar-refractivity contribution is 0.0438. The van der Waals surface area contributed by atoms with Gasteiger partial charge >= 0.3 is 0 Å². The van der Waals surface area contributed by atoms with Crippen LogP contribution >= 0.6 is 0 Å². The van der Waals surface area contributed by atoms with Gasteiger partial charge in [0.2, 0.25) is 0 Å². The average molecular weight is 145 g/mol. The van der Waals surface area contributed by atoms with Crippen LogP contribution in [0.4, 0.5) is 0 Å². The topological polar surface area (TPSA) is 52.5 Å². The quantitative estimate of drug-likeness (QED) is 0.490. The van der Waals surface area contributed by atoms with Gasteiger partial charge in [-0.2, -0.15) is 0 Å². The Morgan fingerprint density at radius 1 is 1.30 bits per heavy atom. The first-order valence-electron chi connectivity index (χ1n) is 3.83. The molecule has 1 fully saturated rings. The lowest BCUT2D eigenvalue weighted by Gasteiger charge is -2.07. The van der Waals surface area contributed by atoms with Crippen LogP contribution in [0.25, 0.3) is 0 Å². The standard InChI is InChI=1S/C7H15NO2/c1-2-8-5-3-6(9)7(10)4-5/h5-10H,2-4H2,1H3. The van der Waals surface area contributed by atoms with Gasteiger partial charge in [-0.05, 0) is 19.4 Å². The number of rotatable bonds is 2. The van der Waals surface area contributed by atoms with Crippen molar-refractivity contribution in [2.24, 2.45) is 0 Å². The minimum atomic E-state index is -0.510. The zero-order chi connectivity index (χ0) is 7.56. The van der Waals surface area contributed by atoms with Crippen LogP contribution in [-0.4, -0.2) is 35.0 Å². The zero-order valence-electron chi connectivity index (χ0n) is 6.25. The number of nitrogens with one attached hydrogen (secondary N) is 1. The second kappa shape index (κ2) is 3.32. The highest BCUT2D eigenvalue weighted by atomic mass is 16.3. The van der Waals surface area contributed by atoms with Gasteiger partial charge in [0.1, 0.15) is 0 Å². The summed E-state index contributed by atoms with van der Waals surface area (Å²) in [7, 11) is 0. The molecule has 1 rings (SSSR count). The zero-order valence-corrected chi connectivity index (χ0v) is 6.25. The van der Waals surface area contributed by atoms with E-state index in [-0.39, 0.29) is 0 Å². The Bertz CT molecular complexity index is 97.8. The first-order valence-corrected chi connectivity index (χ1v) is 3.83. The number of aliphatic hydroxyl groups is 2. The lowest BCUT2D eigenvalue weighted by Crippen LogP contribution is -2.26. The predicted octanol–water partition coefficient (Wildman–Crippen LogP) is -0.520. The molecule has 1 aliphatic rings. The SMILES string of the molecule is CCNC1CC(O)C(O)C1. The van der Waals surface area contributed by atoms with E-state index < -0.39 is 12.2 Å². The van der Waals surface area contributed by atoms with Gasteiger partial charge in [0.15, 0.2) is 0 Å². The van der Waals surface area contributed by atoms with Crippen molar-refractivity contribution in [3.05, 3.63) is 0 Å². The van der Waals surface area contributed by atoms with Gasteiger partial charge < -0.3 is 15.5 Å². The van der Waals surface area contributed by atoms with Gasteiger partial charge in [-0.25, -0.2) is 0 Å². The molecule has 1 saturated carbocycles. The summed E-state index contributed by atoms with van der Waals surface area (Å²) < 4.78 is 0. The van der Waals surface area contributed by atoms with Crippen molar-refractivity contribution in [1.29, 1.82) is 0 Å². The highest BCUT2D eigenvalue weighted by Gasteiger charge is 2.30.